The molecule has 0 amide bonds. The molecule has 2 N–H and O–H groups in total. The Bertz CT molecular complexity index is 545. The van der Waals surface area contributed by atoms with Gasteiger partial charge in [0.15, 0.2) is 0 Å². The summed E-state index contributed by atoms with van der Waals surface area (Å²) in [6.45, 7) is 0. The van der Waals surface area contributed by atoms with Crippen molar-refractivity contribution in [2.45, 2.75) is 10.6 Å². The SMILES string of the molecule is COc1cccc(SCc2ccc(N)cc2Br)c1. The lowest BCUT2D eigenvalue weighted by molar-refractivity contribution is 0.413. The van der Waals surface area contributed by atoms with Crippen LogP contribution in [0.5, 0.6) is 5.75 Å². The molecule has 0 aliphatic rings. The minimum absolute atomic E-state index is 0.775. The Morgan fingerprint density at radius 3 is 2.78 bits per heavy atom. The Morgan fingerprint density at radius 1 is 1.22 bits per heavy atom. The van der Waals surface area contributed by atoms with Gasteiger partial charge in [0.05, 0.1) is 7.11 Å². The summed E-state index contributed by atoms with van der Waals surface area (Å²) >= 11 is 5.30. The van der Waals surface area contributed by atoms with Gasteiger partial charge in [-0.05, 0) is 35.9 Å². The van der Waals surface area contributed by atoms with E-state index in [0.29, 0.717) is 0 Å². The molecule has 2 rings (SSSR count). The van der Waals surface area contributed by atoms with E-state index in [1.807, 2.05) is 36.4 Å². The Morgan fingerprint density at radius 2 is 2.06 bits per heavy atom. The van der Waals surface area contributed by atoms with E-state index in [2.05, 4.69) is 22.0 Å². The lowest BCUT2D eigenvalue weighted by atomic mass is 10.2. The van der Waals surface area contributed by atoms with Gasteiger partial charge in [-0.3, -0.25) is 0 Å². The zero-order valence-corrected chi connectivity index (χ0v) is 12.4. The van der Waals surface area contributed by atoms with E-state index in [4.69, 9.17) is 10.5 Å². The minimum Gasteiger partial charge on any atom is -0.497 e. The van der Waals surface area contributed by atoms with Gasteiger partial charge in [-0.15, -0.1) is 11.8 Å². The first-order valence-electron chi connectivity index (χ1n) is 5.50. The van der Waals surface area contributed by atoms with E-state index in [1.165, 1.54) is 10.5 Å². The van der Waals surface area contributed by atoms with Gasteiger partial charge in [0.1, 0.15) is 5.75 Å². The van der Waals surface area contributed by atoms with E-state index in [0.717, 1.165) is 21.7 Å². The van der Waals surface area contributed by atoms with Gasteiger partial charge in [-0.25, -0.2) is 0 Å². The van der Waals surface area contributed by atoms with E-state index in [9.17, 15) is 0 Å². The summed E-state index contributed by atoms with van der Waals surface area (Å²) in [6, 6.07) is 14.0. The van der Waals surface area contributed by atoms with Gasteiger partial charge in [0.2, 0.25) is 0 Å². The number of methoxy groups -OCH3 is 1. The molecule has 0 unspecified atom stereocenters. The number of rotatable bonds is 4. The number of thioether (sulfide) groups is 1. The summed E-state index contributed by atoms with van der Waals surface area (Å²) in [5, 5.41) is 0. The van der Waals surface area contributed by atoms with Crippen LogP contribution in [-0.4, -0.2) is 7.11 Å². The van der Waals surface area contributed by atoms with Crippen molar-refractivity contribution in [2.75, 3.05) is 12.8 Å². The summed E-state index contributed by atoms with van der Waals surface area (Å²) < 4.78 is 6.26. The van der Waals surface area contributed by atoms with Crippen LogP contribution in [0.25, 0.3) is 0 Å². The molecule has 0 saturated carbocycles. The number of ether oxygens (including phenoxy) is 1. The van der Waals surface area contributed by atoms with Crippen LogP contribution >= 0.6 is 27.7 Å². The molecule has 4 heteroatoms. The maximum atomic E-state index is 5.72. The molecule has 0 saturated heterocycles. The molecule has 0 atom stereocenters. The summed E-state index contributed by atoms with van der Waals surface area (Å²) in [5.41, 5.74) is 7.73. The van der Waals surface area contributed by atoms with E-state index >= 15 is 0 Å². The lowest BCUT2D eigenvalue weighted by Crippen LogP contribution is -1.88. The van der Waals surface area contributed by atoms with Crippen LogP contribution in [0.15, 0.2) is 51.8 Å². The van der Waals surface area contributed by atoms with Crippen molar-refractivity contribution in [3.8, 4) is 5.75 Å². The molecule has 2 nitrogen and oxygen atoms in total. The topological polar surface area (TPSA) is 35.2 Å². The number of anilines is 1. The van der Waals surface area contributed by atoms with E-state index in [1.54, 1.807) is 18.9 Å². The van der Waals surface area contributed by atoms with Gasteiger partial charge >= 0.3 is 0 Å². The quantitative estimate of drug-likeness (QED) is 0.671. The van der Waals surface area contributed by atoms with Crippen LogP contribution in [0.3, 0.4) is 0 Å². The first kappa shape index (κ1) is 13.3. The molecular formula is C14H14BrNOS. The average molecular weight is 324 g/mol. The summed E-state index contributed by atoms with van der Waals surface area (Å²) in [7, 11) is 1.68. The largest absolute Gasteiger partial charge is 0.497 e. The smallest absolute Gasteiger partial charge is 0.119 e. The third kappa shape index (κ3) is 3.43. The van der Waals surface area contributed by atoms with Crippen LogP contribution in [0.1, 0.15) is 5.56 Å². The number of halogens is 1. The highest BCUT2D eigenvalue weighted by atomic mass is 79.9. The molecular weight excluding hydrogens is 310 g/mol. The normalized spacial score (nSPS) is 10.3. The first-order valence-corrected chi connectivity index (χ1v) is 7.27. The van der Waals surface area contributed by atoms with Gasteiger partial charge < -0.3 is 10.5 Å². The summed E-state index contributed by atoms with van der Waals surface area (Å²) in [4.78, 5) is 1.19. The number of nitrogens with two attached hydrogens (primary N) is 1. The van der Waals surface area contributed by atoms with E-state index < -0.39 is 0 Å². The van der Waals surface area contributed by atoms with Crippen LogP contribution in [0.4, 0.5) is 5.69 Å². The fourth-order valence-corrected chi connectivity index (χ4v) is 3.20. The van der Waals surface area contributed by atoms with Crippen molar-refractivity contribution in [1.29, 1.82) is 0 Å². The highest BCUT2D eigenvalue weighted by Crippen LogP contribution is 2.29. The molecule has 2 aromatic rings. The molecule has 0 spiro atoms. The Hall–Kier alpha value is -1.13. The third-order valence-electron chi connectivity index (χ3n) is 2.51. The maximum absolute atomic E-state index is 5.72. The number of hydrogen-bond acceptors (Lipinski definition) is 3. The molecule has 0 heterocycles. The highest BCUT2D eigenvalue weighted by Gasteiger charge is 2.02. The second-order valence-corrected chi connectivity index (χ2v) is 5.72. The van der Waals surface area contributed by atoms with Crippen LogP contribution in [0.2, 0.25) is 0 Å². The summed E-state index contributed by atoms with van der Waals surface area (Å²) in [5.74, 6) is 1.78. The van der Waals surface area contributed by atoms with Crippen molar-refractivity contribution in [3.63, 3.8) is 0 Å². The fraction of sp³-hybridized carbons (Fsp3) is 0.143. The highest BCUT2D eigenvalue weighted by molar-refractivity contribution is 9.10. The van der Waals surface area contributed by atoms with Gasteiger partial charge in [-0.1, -0.05) is 28.1 Å². The van der Waals surface area contributed by atoms with Crippen molar-refractivity contribution < 1.29 is 4.74 Å². The minimum atomic E-state index is 0.775. The van der Waals surface area contributed by atoms with Crippen molar-refractivity contribution in [3.05, 3.63) is 52.5 Å². The number of benzene rings is 2. The Labute approximate surface area is 120 Å². The third-order valence-corrected chi connectivity index (χ3v) is 4.29. The second kappa shape index (κ2) is 6.16. The molecule has 94 valence electrons. The van der Waals surface area contributed by atoms with Crippen LogP contribution < -0.4 is 10.5 Å². The molecule has 0 aliphatic carbocycles. The van der Waals surface area contributed by atoms with Crippen molar-refractivity contribution in [1.82, 2.24) is 0 Å². The van der Waals surface area contributed by atoms with Gasteiger partial charge in [-0.2, -0.15) is 0 Å². The Kier molecular flexibility index (Phi) is 4.55. The number of hydrogen-bond donors (Lipinski definition) is 1. The predicted molar refractivity (Wildman–Crippen MR) is 81.1 cm³/mol. The Balaban J connectivity index is 2.06. The number of nitrogen functional groups attached to an aromatic ring is 1. The molecule has 0 fully saturated rings. The predicted octanol–water partition coefficient (Wildman–Crippen LogP) is 4.33. The molecule has 0 aromatic heterocycles. The average Bonchev–Trinajstić information content (AvgIpc) is 2.38. The van der Waals surface area contributed by atoms with Gasteiger partial charge in [0, 0.05) is 20.8 Å². The lowest BCUT2D eigenvalue weighted by Gasteiger charge is -2.07. The second-order valence-electron chi connectivity index (χ2n) is 3.82. The fourth-order valence-electron chi connectivity index (χ4n) is 1.53. The molecule has 18 heavy (non-hydrogen) atoms. The zero-order chi connectivity index (χ0) is 13.0. The van der Waals surface area contributed by atoms with Crippen molar-refractivity contribution in [2.24, 2.45) is 0 Å². The molecule has 2 aromatic carbocycles. The maximum Gasteiger partial charge on any atom is 0.119 e. The van der Waals surface area contributed by atoms with Crippen LogP contribution in [0, 0.1) is 0 Å². The monoisotopic (exact) mass is 323 g/mol. The van der Waals surface area contributed by atoms with E-state index in [-0.39, 0.29) is 0 Å². The van der Waals surface area contributed by atoms with Crippen LogP contribution in [-0.2, 0) is 5.75 Å². The zero-order valence-electron chi connectivity index (χ0n) is 10.0. The molecule has 0 bridgehead atoms. The standard InChI is InChI=1S/C14H14BrNOS/c1-17-12-3-2-4-13(8-12)18-9-10-5-6-11(16)7-14(10)15/h2-8H,9,16H2,1H3. The van der Waals surface area contributed by atoms with Crippen molar-refractivity contribution >= 4 is 33.4 Å². The first-order chi connectivity index (χ1) is 8.69. The molecule has 0 radical (unpaired) electrons. The molecule has 0 aliphatic heterocycles. The van der Waals surface area contributed by atoms with Gasteiger partial charge in [0.25, 0.3) is 0 Å². The summed E-state index contributed by atoms with van der Waals surface area (Å²) in [6.07, 6.45) is 0.